The van der Waals surface area contributed by atoms with Crippen LogP contribution in [0.4, 0.5) is 0 Å². The highest BCUT2D eigenvalue weighted by Gasteiger charge is 2.10. The molecule has 144 valence electrons. The molecule has 0 heterocycles. The smallest absolute Gasteiger partial charge is 0.191 e. The molecular formula is C19H34IN3O2. The summed E-state index contributed by atoms with van der Waals surface area (Å²) in [6.45, 7) is 9.51. The number of guanidine groups is 1. The molecule has 0 bridgehead atoms. The highest BCUT2D eigenvalue weighted by Crippen LogP contribution is 2.15. The molecule has 1 aromatic carbocycles. The molecule has 6 heteroatoms. The first-order valence-electron chi connectivity index (χ1n) is 8.96. The predicted molar refractivity (Wildman–Crippen MR) is 116 cm³/mol. The van der Waals surface area contributed by atoms with Crippen LogP contribution in [-0.4, -0.2) is 43.9 Å². The maximum Gasteiger partial charge on any atom is 0.191 e. The number of nitrogens with zero attached hydrogens (tertiary/aromatic N) is 1. The summed E-state index contributed by atoms with van der Waals surface area (Å²) in [7, 11) is 0. The standard InChI is InChI=1S/C19H33N3O2.HI/c1-4-20-19(22-15-17(10-12-23)14-16(2)3)21-11-13-24-18-8-6-5-7-9-18;/h5-9,16-17,23H,4,10-15H2,1-3H3,(H2,20,21,22);1H. The molecule has 1 atom stereocenters. The van der Waals surface area contributed by atoms with Crippen molar-refractivity contribution in [3.8, 4) is 5.75 Å². The van der Waals surface area contributed by atoms with Crippen molar-refractivity contribution in [3.63, 3.8) is 0 Å². The third kappa shape index (κ3) is 12.0. The summed E-state index contributed by atoms with van der Waals surface area (Å²) in [5.41, 5.74) is 0. The number of aliphatic hydroxyl groups excluding tert-OH is 1. The van der Waals surface area contributed by atoms with Gasteiger partial charge in [-0.25, -0.2) is 0 Å². The van der Waals surface area contributed by atoms with Crippen LogP contribution in [0.5, 0.6) is 5.75 Å². The van der Waals surface area contributed by atoms with Crippen LogP contribution in [-0.2, 0) is 0 Å². The fourth-order valence-electron chi connectivity index (χ4n) is 2.55. The molecule has 0 aliphatic carbocycles. The summed E-state index contributed by atoms with van der Waals surface area (Å²) in [5, 5.41) is 15.7. The Balaban J connectivity index is 0.00000576. The van der Waals surface area contributed by atoms with Gasteiger partial charge >= 0.3 is 0 Å². The van der Waals surface area contributed by atoms with E-state index >= 15 is 0 Å². The number of rotatable bonds is 11. The first-order chi connectivity index (χ1) is 11.7. The van der Waals surface area contributed by atoms with E-state index in [4.69, 9.17) is 4.74 Å². The number of nitrogens with one attached hydrogen (secondary N) is 2. The second kappa shape index (κ2) is 15.3. The van der Waals surface area contributed by atoms with Crippen molar-refractivity contribution in [2.24, 2.45) is 16.8 Å². The molecule has 1 unspecified atom stereocenters. The highest BCUT2D eigenvalue weighted by atomic mass is 127. The fraction of sp³-hybridized carbons (Fsp3) is 0.632. The SMILES string of the molecule is CCNC(=NCC(CCO)CC(C)C)NCCOc1ccccc1.I. The second-order valence-corrected chi connectivity index (χ2v) is 6.32. The Kier molecular flexibility index (Phi) is 14.6. The molecular weight excluding hydrogens is 429 g/mol. The van der Waals surface area contributed by atoms with Gasteiger partial charge in [0.25, 0.3) is 0 Å². The molecule has 0 aromatic heterocycles. The van der Waals surface area contributed by atoms with Gasteiger partial charge in [0.2, 0.25) is 0 Å². The van der Waals surface area contributed by atoms with Gasteiger partial charge in [-0.2, -0.15) is 0 Å². The van der Waals surface area contributed by atoms with E-state index in [1.807, 2.05) is 30.3 Å². The van der Waals surface area contributed by atoms with Gasteiger partial charge in [-0.3, -0.25) is 4.99 Å². The molecule has 0 radical (unpaired) electrons. The topological polar surface area (TPSA) is 65.9 Å². The number of ether oxygens (including phenoxy) is 1. The van der Waals surface area contributed by atoms with Crippen molar-refractivity contribution in [1.82, 2.24) is 10.6 Å². The van der Waals surface area contributed by atoms with E-state index in [1.54, 1.807) is 0 Å². The van der Waals surface area contributed by atoms with E-state index in [0.717, 1.165) is 37.6 Å². The van der Waals surface area contributed by atoms with Crippen LogP contribution in [0.25, 0.3) is 0 Å². The molecule has 0 amide bonds. The lowest BCUT2D eigenvalue weighted by molar-refractivity contribution is 0.245. The lowest BCUT2D eigenvalue weighted by Crippen LogP contribution is -2.39. The van der Waals surface area contributed by atoms with Crippen LogP contribution in [0.15, 0.2) is 35.3 Å². The van der Waals surface area contributed by atoms with Crippen LogP contribution < -0.4 is 15.4 Å². The molecule has 5 nitrogen and oxygen atoms in total. The average Bonchev–Trinajstić information content (AvgIpc) is 2.57. The van der Waals surface area contributed by atoms with Gasteiger partial charge in [0, 0.05) is 19.7 Å². The number of aliphatic hydroxyl groups is 1. The Morgan fingerprint density at radius 2 is 1.92 bits per heavy atom. The predicted octanol–water partition coefficient (Wildman–Crippen LogP) is 3.28. The first kappa shape index (κ1) is 24.0. The summed E-state index contributed by atoms with van der Waals surface area (Å²) >= 11 is 0. The van der Waals surface area contributed by atoms with E-state index in [0.29, 0.717) is 25.0 Å². The summed E-state index contributed by atoms with van der Waals surface area (Å²) in [5.74, 6) is 2.72. The molecule has 0 aliphatic heterocycles. The molecule has 3 N–H and O–H groups in total. The molecule has 0 spiro atoms. The highest BCUT2D eigenvalue weighted by molar-refractivity contribution is 14.0. The Hall–Kier alpha value is -1.02. The average molecular weight is 463 g/mol. The third-order valence-electron chi connectivity index (χ3n) is 3.60. The summed E-state index contributed by atoms with van der Waals surface area (Å²) in [4.78, 5) is 4.66. The van der Waals surface area contributed by atoms with Gasteiger partial charge in [-0.1, -0.05) is 32.0 Å². The van der Waals surface area contributed by atoms with E-state index < -0.39 is 0 Å². The summed E-state index contributed by atoms with van der Waals surface area (Å²) in [6.07, 6.45) is 1.89. The Labute approximate surface area is 169 Å². The summed E-state index contributed by atoms with van der Waals surface area (Å²) < 4.78 is 5.67. The van der Waals surface area contributed by atoms with Crippen molar-refractivity contribution in [3.05, 3.63) is 30.3 Å². The van der Waals surface area contributed by atoms with Crippen molar-refractivity contribution >= 4 is 29.9 Å². The van der Waals surface area contributed by atoms with Crippen LogP contribution >= 0.6 is 24.0 Å². The molecule has 1 aromatic rings. The number of hydrogen-bond donors (Lipinski definition) is 3. The molecule has 0 fully saturated rings. The normalized spacial score (nSPS) is 12.4. The minimum atomic E-state index is 0. The molecule has 1 rings (SSSR count). The van der Waals surface area contributed by atoms with Crippen LogP contribution in [0.3, 0.4) is 0 Å². The van der Waals surface area contributed by atoms with E-state index in [9.17, 15) is 5.11 Å². The van der Waals surface area contributed by atoms with Crippen LogP contribution in [0, 0.1) is 11.8 Å². The van der Waals surface area contributed by atoms with E-state index in [-0.39, 0.29) is 30.6 Å². The van der Waals surface area contributed by atoms with Crippen molar-refractivity contribution < 1.29 is 9.84 Å². The fourth-order valence-corrected chi connectivity index (χ4v) is 2.55. The van der Waals surface area contributed by atoms with Crippen molar-refractivity contribution in [1.29, 1.82) is 0 Å². The Bertz CT molecular complexity index is 455. The van der Waals surface area contributed by atoms with Crippen LogP contribution in [0.2, 0.25) is 0 Å². The molecule has 0 aliphatic rings. The Morgan fingerprint density at radius 3 is 2.52 bits per heavy atom. The van der Waals surface area contributed by atoms with E-state index in [1.165, 1.54) is 0 Å². The van der Waals surface area contributed by atoms with Gasteiger partial charge < -0.3 is 20.5 Å². The van der Waals surface area contributed by atoms with Crippen LogP contribution in [0.1, 0.15) is 33.6 Å². The zero-order valence-corrected chi connectivity index (χ0v) is 18.0. The molecule has 0 saturated heterocycles. The van der Waals surface area contributed by atoms with E-state index in [2.05, 4.69) is 36.4 Å². The Morgan fingerprint density at radius 1 is 1.20 bits per heavy atom. The maximum absolute atomic E-state index is 9.20. The number of benzene rings is 1. The molecule has 25 heavy (non-hydrogen) atoms. The van der Waals surface area contributed by atoms with Gasteiger partial charge in [-0.15, -0.1) is 24.0 Å². The largest absolute Gasteiger partial charge is 0.492 e. The number of aliphatic imine (C=N–C) groups is 1. The number of para-hydroxylation sites is 1. The zero-order valence-electron chi connectivity index (χ0n) is 15.7. The number of hydrogen-bond acceptors (Lipinski definition) is 3. The first-order valence-corrected chi connectivity index (χ1v) is 8.96. The van der Waals surface area contributed by atoms with Crippen molar-refractivity contribution in [2.75, 3.05) is 32.8 Å². The minimum Gasteiger partial charge on any atom is -0.492 e. The van der Waals surface area contributed by atoms with Gasteiger partial charge in [0.05, 0.1) is 6.54 Å². The zero-order chi connectivity index (χ0) is 17.6. The molecule has 0 saturated carbocycles. The third-order valence-corrected chi connectivity index (χ3v) is 3.60. The van der Waals surface area contributed by atoms with Gasteiger partial charge in [0.15, 0.2) is 5.96 Å². The maximum atomic E-state index is 9.20. The lowest BCUT2D eigenvalue weighted by Gasteiger charge is -2.17. The monoisotopic (exact) mass is 463 g/mol. The van der Waals surface area contributed by atoms with Crippen molar-refractivity contribution in [2.45, 2.75) is 33.6 Å². The minimum absolute atomic E-state index is 0. The second-order valence-electron chi connectivity index (χ2n) is 6.32. The van der Waals surface area contributed by atoms with Gasteiger partial charge in [0.1, 0.15) is 12.4 Å². The van der Waals surface area contributed by atoms with Gasteiger partial charge in [-0.05, 0) is 43.7 Å². The lowest BCUT2D eigenvalue weighted by atomic mass is 9.94. The summed E-state index contributed by atoms with van der Waals surface area (Å²) in [6, 6.07) is 9.80. The quantitative estimate of drug-likeness (QED) is 0.204. The number of halogens is 1.